The third kappa shape index (κ3) is 4.48. The number of hydrogen-bond donors (Lipinski definition) is 1. The van der Waals surface area contributed by atoms with Gasteiger partial charge in [0.15, 0.2) is 11.6 Å². The first-order valence-electron chi connectivity index (χ1n) is 6.71. The lowest BCUT2D eigenvalue weighted by atomic mass is 10.0. The highest BCUT2D eigenvalue weighted by Crippen LogP contribution is 2.20. The summed E-state index contributed by atoms with van der Waals surface area (Å²) < 4.78 is 18.9. The minimum Gasteiger partial charge on any atom is -0.491 e. The van der Waals surface area contributed by atoms with Gasteiger partial charge in [0.1, 0.15) is 0 Å². The van der Waals surface area contributed by atoms with Crippen molar-refractivity contribution in [2.75, 3.05) is 20.3 Å². The third-order valence-corrected chi connectivity index (χ3v) is 3.25. The summed E-state index contributed by atoms with van der Waals surface area (Å²) in [5, 5.41) is 9.38. The van der Waals surface area contributed by atoms with Gasteiger partial charge in [-0.1, -0.05) is 19.9 Å². The molecule has 0 saturated carbocycles. The van der Waals surface area contributed by atoms with Crippen LogP contribution in [0.25, 0.3) is 0 Å². The molecule has 0 spiro atoms. The van der Waals surface area contributed by atoms with Crippen LogP contribution in [0.5, 0.6) is 5.75 Å². The summed E-state index contributed by atoms with van der Waals surface area (Å²) in [6.45, 7) is 7.12. The zero-order valence-electron chi connectivity index (χ0n) is 12.2. The second-order valence-electron chi connectivity index (χ2n) is 5.11. The van der Waals surface area contributed by atoms with E-state index in [0.717, 1.165) is 5.56 Å². The Morgan fingerprint density at radius 1 is 1.37 bits per heavy atom. The van der Waals surface area contributed by atoms with Crippen LogP contribution in [-0.4, -0.2) is 36.3 Å². The molecule has 1 aromatic carbocycles. The zero-order valence-corrected chi connectivity index (χ0v) is 12.2. The lowest BCUT2D eigenvalue weighted by molar-refractivity contribution is 0.108. The molecule has 1 rings (SSSR count). The van der Waals surface area contributed by atoms with Crippen molar-refractivity contribution in [2.45, 2.75) is 33.4 Å². The number of nitrogens with zero attached hydrogens (tertiary/aromatic N) is 1. The molecule has 0 aliphatic heterocycles. The largest absolute Gasteiger partial charge is 0.491 e. The van der Waals surface area contributed by atoms with Gasteiger partial charge in [-0.15, -0.1) is 0 Å². The van der Waals surface area contributed by atoms with Crippen LogP contribution < -0.4 is 4.74 Å². The van der Waals surface area contributed by atoms with Crippen LogP contribution in [0.15, 0.2) is 18.2 Å². The molecule has 3 nitrogen and oxygen atoms in total. The molecule has 108 valence electrons. The van der Waals surface area contributed by atoms with Gasteiger partial charge >= 0.3 is 0 Å². The fourth-order valence-corrected chi connectivity index (χ4v) is 2.18. The van der Waals surface area contributed by atoms with Crippen LogP contribution in [0.4, 0.5) is 4.39 Å². The maximum absolute atomic E-state index is 13.7. The first-order valence-corrected chi connectivity index (χ1v) is 6.71. The Hall–Kier alpha value is -1.13. The Labute approximate surface area is 115 Å². The van der Waals surface area contributed by atoms with E-state index in [1.807, 2.05) is 24.9 Å². The molecule has 0 heterocycles. The average Bonchev–Trinajstić information content (AvgIpc) is 2.33. The number of aliphatic hydroxyl groups is 1. The van der Waals surface area contributed by atoms with Crippen LogP contribution in [-0.2, 0) is 6.54 Å². The van der Waals surface area contributed by atoms with Crippen molar-refractivity contribution in [1.29, 1.82) is 0 Å². The van der Waals surface area contributed by atoms with Crippen molar-refractivity contribution in [3.8, 4) is 5.75 Å². The lowest BCUT2D eigenvalue weighted by Crippen LogP contribution is -2.38. The van der Waals surface area contributed by atoms with Crippen molar-refractivity contribution < 1.29 is 14.2 Å². The first kappa shape index (κ1) is 15.9. The van der Waals surface area contributed by atoms with Crippen LogP contribution in [0.2, 0.25) is 0 Å². The van der Waals surface area contributed by atoms with Crippen molar-refractivity contribution in [1.82, 2.24) is 4.90 Å². The molecule has 0 bridgehead atoms. The van der Waals surface area contributed by atoms with Gasteiger partial charge in [0.05, 0.1) is 13.2 Å². The fraction of sp³-hybridized carbons (Fsp3) is 0.600. The molecule has 1 unspecified atom stereocenters. The summed E-state index contributed by atoms with van der Waals surface area (Å²) >= 11 is 0. The van der Waals surface area contributed by atoms with Crippen LogP contribution >= 0.6 is 0 Å². The third-order valence-electron chi connectivity index (χ3n) is 3.25. The summed E-state index contributed by atoms with van der Waals surface area (Å²) in [4.78, 5) is 2.04. The highest BCUT2D eigenvalue weighted by molar-refractivity contribution is 5.29. The van der Waals surface area contributed by atoms with E-state index in [9.17, 15) is 9.50 Å². The molecule has 4 heteroatoms. The number of halogens is 1. The molecule has 0 aliphatic carbocycles. The minimum absolute atomic E-state index is 0.0784. The summed E-state index contributed by atoms with van der Waals surface area (Å²) in [6.07, 6.45) is 0. The zero-order chi connectivity index (χ0) is 14.4. The molecular formula is C15H24FNO2. The maximum atomic E-state index is 13.7. The predicted octanol–water partition coefficient (Wildman–Crippen LogP) is 2.67. The Kier molecular flexibility index (Phi) is 6.25. The van der Waals surface area contributed by atoms with Gasteiger partial charge < -0.3 is 9.84 Å². The number of benzene rings is 1. The minimum atomic E-state index is -0.335. The quantitative estimate of drug-likeness (QED) is 0.826. The van der Waals surface area contributed by atoms with Crippen molar-refractivity contribution in [3.05, 3.63) is 29.6 Å². The molecule has 0 aromatic heterocycles. The maximum Gasteiger partial charge on any atom is 0.165 e. The number of hydrogen-bond acceptors (Lipinski definition) is 3. The molecule has 19 heavy (non-hydrogen) atoms. The molecule has 0 saturated heterocycles. The van der Waals surface area contributed by atoms with E-state index in [2.05, 4.69) is 13.8 Å². The van der Waals surface area contributed by atoms with Gasteiger partial charge in [0.2, 0.25) is 0 Å². The number of rotatable bonds is 7. The van der Waals surface area contributed by atoms with E-state index in [1.165, 1.54) is 6.07 Å². The molecular weight excluding hydrogens is 245 g/mol. The van der Waals surface area contributed by atoms with Gasteiger partial charge in [-0.05, 0) is 37.6 Å². The van der Waals surface area contributed by atoms with Gasteiger partial charge in [0.25, 0.3) is 0 Å². The topological polar surface area (TPSA) is 32.7 Å². The molecule has 0 amide bonds. The molecule has 0 radical (unpaired) electrons. The van der Waals surface area contributed by atoms with E-state index in [-0.39, 0.29) is 24.2 Å². The standard InChI is InChI=1S/C15H24FNO2/c1-5-19-15-7-6-12(8-13(15)16)9-17(4)14(10-18)11(2)3/h6-8,11,14,18H,5,9-10H2,1-4H3. The monoisotopic (exact) mass is 269 g/mol. The molecule has 0 fully saturated rings. The predicted molar refractivity (Wildman–Crippen MR) is 74.7 cm³/mol. The molecule has 1 N–H and O–H groups in total. The van der Waals surface area contributed by atoms with Crippen LogP contribution in [0, 0.1) is 11.7 Å². The second-order valence-corrected chi connectivity index (χ2v) is 5.11. The highest BCUT2D eigenvalue weighted by Gasteiger charge is 2.18. The van der Waals surface area contributed by atoms with Gasteiger partial charge in [-0.3, -0.25) is 4.90 Å². The van der Waals surface area contributed by atoms with Crippen LogP contribution in [0.3, 0.4) is 0 Å². The van der Waals surface area contributed by atoms with E-state index >= 15 is 0 Å². The number of aliphatic hydroxyl groups excluding tert-OH is 1. The summed E-state index contributed by atoms with van der Waals surface area (Å²) in [5.74, 6) is 0.303. The van der Waals surface area contributed by atoms with Crippen molar-refractivity contribution in [3.63, 3.8) is 0 Å². The van der Waals surface area contributed by atoms with Gasteiger partial charge in [-0.25, -0.2) is 4.39 Å². The fourth-order valence-electron chi connectivity index (χ4n) is 2.18. The highest BCUT2D eigenvalue weighted by atomic mass is 19.1. The van der Waals surface area contributed by atoms with Gasteiger partial charge in [-0.2, -0.15) is 0 Å². The normalized spacial score (nSPS) is 13.1. The van der Waals surface area contributed by atoms with Crippen molar-refractivity contribution >= 4 is 0 Å². The summed E-state index contributed by atoms with van der Waals surface area (Å²) in [6, 6.07) is 5.09. The van der Waals surface area contributed by atoms with E-state index in [0.29, 0.717) is 19.1 Å². The lowest BCUT2D eigenvalue weighted by Gasteiger charge is -2.29. The second kappa shape index (κ2) is 7.46. The molecule has 0 aliphatic rings. The number of ether oxygens (including phenoxy) is 1. The van der Waals surface area contributed by atoms with Gasteiger partial charge in [0, 0.05) is 12.6 Å². The SMILES string of the molecule is CCOc1ccc(CN(C)C(CO)C(C)C)cc1F. The Morgan fingerprint density at radius 3 is 2.53 bits per heavy atom. The Morgan fingerprint density at radius 2 is 2.05 bits per heavy atom. The molecule has 1 aromatic rings. The Bertz CT molecular complexity index is 396. The van der Waals surface area contributed by atoms with E-state index in [1.54, 1.807) is 6.07 Å². The smallest absolute Gasteiger partial charge is 0.165 e. The van der Waals surface area contributed by atoms with E-state index < -0.39 is 0 Å². The summed E-state index contributed by atoms with van der Waals surface area (Å²) in [7, 11) is 1.94. The van der Waals surface area contributed by atoms with Crippen LogP contribution in [0.1, 0.15) is 26.3 Å². The first-order chi connectivity index (χ1) is 8.99. The average molecular weight is 269 g/mol. The number of likely N-dealkylation sites (N-methyl/N-ethyl adjacent to an activating group) is 1. The molecule has 1 atom stereocenters. The summed E-state index contributed by atoms with van der Waals surface area (Å²) in [5.41, 5.74) is 0.877. The Balaban J connectivity index is 2.74. The van der Waals surface area contributed by atoms with Crippen molar-refractivity contribution in [2.24, 2.45) is 5.92 Å². The van der Waals surface area contributed by atoms with E-state index in [4.69, 9.17) is 4.74 Å².